The van der Waals surface area contributed by atoms with Crippen LogP contribution in [0.1, 0.15) is 68.7 Å². The summed E-state index contributed by atoms with van der Waals surface area (Å²) in [7, 11) is 8.06. The Labute approximate surface area is 323 Å². The van der Waals surface area contributed by atoms with Crippen molar-refractivity contribution in [2.75, 3.05) is 54.1 Å². The predicted molar refractivity (Wildman–Crippen MR) is 215 cm³/mol. The minimum Gasteiger partial charge on any atom is -0.493 e. The van der Waals surface area contributed by atoms with Gasteiger partial charge in [0.1, 0.15) is 11.9 Å². The van der Waals surface area contributed by atoms with E-state index < -0.39 is 0 Å². The highest BCUT2D eigenvalue weighted by molar-refractivity contribution is 5.89. The van der Waals surface area contributed by atoms with Crippen LogP contribution < -0.4 is 38.5 Å². The van der Waals surface area contributed by atoms with E-state index in [0.29, 0.717) is 53.4 Å². The van der Waals surface area contributed by atoms with Crippen LogP contribution in [0.5, 0.6) is 40.2 Å². The van der Waals surface area contributed by atoms with E-state index in [1.165, 1.54) is 25.7 Å². The van der Waals surface area contributed by atoms with Gasteiger partial charge in [-0.25, -0.2) is 0 Å². The summed E-state index contributed by atoms with van der Waals surface area (Å²) in [5.41, 5.74) is 5.44. The van der Waals surface area contributed by atoms with E-state index in [0.717, 1.165) is 65.1 Å². The number of nitrogens with zero attached hydrogens (tertiary/aromatic N) is 2. The molecule has 11 heteroatoms. The first kappa shape index (κ1) is 38.9. The second-order valence-electron chi connectivity index (χ2n) is 13.2. The Morgan fingerprint density at radius 3 is 1.85 bits per heavy atom. The highest BCUT2D eigenvalue weighted by atomic mass is 16.5. The monoisotopic (exact) mass is 749 g/mol. The number of benzene rings is 4. The molecule has 6 rings (SSSR count). The Morgan fingerprint density at radius 2 is 1.18 bits per heavy atom. The third-order valence-electron chi connectivity index (χ3n) is 9.59. The fraction of sp³-hybridized carbons (Fsp3) is 0.364. The molecular formula is C44H51N3O8. The lowest BCUT2D eigenvalue weighted by Gasteiger charge is -2.22. The number of para-hydroxylation sites is 1. The zero-order chi connectivity index (χ0) is 38.4. The van der Waals surface area contributed by atoms with Gasteiger partial charge in [0, 0.05) is 40.2 Å². The molecule has 0 fully saturated rings. The summed E-state index contributed by atoms with van der Waals surface area (Å²) in [6.45, 7) is 1.27. The number of ether oxygens (including phenoxy) is 7. The number of nitrogens with one attached hydrogen (secondary N) is 1. The number of anilines is 1. The molecular weight excluding hydrogens is 698 g/mol. The van der Waals surface area contributed by atoms with Crippen molar-refractivity contribution in [3.8, 4) is 62.8 Å². The van der Waals surface area contributed by atoms with Crippen molar-refractivity contribution in [1.29, 1.82) is 0 Å². The largest absolute Gasteiger partial charge is 0.493 e. The van der Waals surface area contributed by atoms with E-state index in [9.17, 15) is 0 Å². The van der Waals surface area contributed by atoms with Crippen molar-refractivity contribution < 1.29 is 37.7 Å². The maximum absolute atomic E-state index is 6.18. The Bertz CT molecular complexity index is 2000. The van der Waals surface area contributed by atoms with Gasteiger partial charge in [0.2, 0.25) is 5.75 Å². The standard InChI is InChI=1S/C44H51N3O8/c1-48-36-20-18-30(38-28-35(47-55-38)33-26-41(50-3)43(52-5)42(27-33)51-4)24-40(36)54-23-15-11-9-7-6-8-10-14-22-53-37-21-19-31(25-39(37)49-2)44-45-29-32-16-12-13-17-34(32)46-44/h12-13,16-21,24-29,44,46H,6-11,14-15,22-23H2,1-5H3. The number of fused-ring (bicyclic) bond motifs is 1. The normalized spacial score (nSPS) is 13.1. The first-order valence-electron chi connectivity index (χ1n) is 18.8. The molecule has 0 spiro atoms. The van der Waals surface area contributed by atoms with E-state index in [1.807, 2.05) is 72.9 Å². The molecule has 1 aliphatic rings. The van der Waals surface area contributed by atoms with Crippen LogP contribution in [0.15, 0.2) is 88.4 Å². The van der Waals surface area contributed by atoms with Gasteiger partial charge in [-0.15, -0.1) is 0 Å². The summed E-state index contributed by atoms with van der Waals surface area (Å²) in [4.78, 5) is 4.67. The predicted octanol–water partition coefficient (Wildman–Crippen LogP) is 10.2. The Hall–Kier alpha value is -5.84. The first-order valence-corrected chi connectivity index (χ1v) is 18.8. The SMILES string of the molecule is COc1cc(C2N=Cc3ccccc3N2)ccc1OCCCCCCCCCCOc1cc(-c2cc(-c3cc(OC)c(OC)c(OC)c3)no2)ccc1OC. The average Bonchev–Trinajstić information content (AvgIpc) is 3.74. The van der Waals surface area contributed by atoms with Crippen molar-refractivity contribution in [3.63, 3.8) is 0 Å². The molecule has 1 unspecified atom stereocenters. The van der Waals surface area contributed by atoms with Crippen LogP contribution in [0.25, 0.3) is 22.6 Å². The highest BCUT2D eigenvalue weighted by Crippen LogP contribution is 2.42. The third-order valence-corrected chi connectivity index (χ3v) is 9.59. The number of aromatic nitrogens is 1. The zero-order valence-electron chi connectivity index (χ0n) is 32.4. The molecule has 5 aromatic rings. The molecule has 1 N–H and O–H groups in total. The third kappa shape index (κ3) is 9.83. The summed E-state index contributed by atoms with van der Waals surface area (Å²) in [6, 6.07) is 25.5. The van der Waals surface area contributed by atoms with Crippen LogP contribution >= 0.6 is 0 Å². The topological polar surface area (TPSA) is 115 Å². The molecule has 0 saturated carbocycles. The molecule has 0 aliphatic carbocycles. The van der Waals surface area contributed by atoms with Crippen LogP contribution in [0.2, 0.25) is 0 Å². The summed E-state index contributed by atoms with van der Waals surface area (Å²) < 4.78 is 45.7. The van der Waals surface area contributed by atoms with Crippen LogP contribution in [0.4, 0.5) is 5.69 Å². The molecule has 0 amide bonds. The molecule has 2 heterocycles. The fourth-order valence-corrected chi connectivity index (χ4v) is 6.57. The van der Waals surface area contributed by atoms with E-state index in [2.05, 4.69) is 27.6 Å². The quantitative estimate of drug-likeness (QED) is 0.0727. The lowest BCUT2D eigenvalue weighted by Crippen LogP contribution is -2.14. The van der Waals surface area contributed by atoms with Gasteiger partial charge >= 0.3 is 0 Å². The molecule has 1 aromatic heterocycles. The summed E-state index contributed by atoms with van der Waals surface area (Å²) in [5.74, 6) is 5.03. The van der Waals surface area contributed by atoms with Gasteiger partial charge in [-0.05, 0) is 61.4 Å². The lowest BCUT2D eigenvalue weighted by molar-refractivity contribution is 0.282. The van der Waals surface area contributed by atoms with Gasteiger partial charge < -0.3 is 43.0 Å². The second-order valence-corrected chi connectivity index (χ2v) is 13.2. The van der Waals surface area contributed by atoms with Gasteiger partial charge in [-0.2, -0.15) is 0 Å². The molecule has 1 atom stereocenters. The van der Waals surface area contributed by atoms with Crippen LogP contribution in [-0.4, -0.2) is 60.1 Å². The smallest absolute Gasteiger partial charge is 0.203 e. The lowest BCUT2D eigenvalue weighted by atomic mass is 10.1. The van der Waals surface area contributed by atoms with Crippen molar-refractivity contribution in [3.05, 3.63) is 90.0 Å². The van der Waals surface area contributed by atoms with Crippen molar-refractivity contribution >= 4 is 11.9 Å². The van der Waals surface area contributed by atoms with Crippen molar-refractivity contribution in [2.45, 2.75) is 57.5 Å². The molecule has 0 saturated heterocycles. The van der Waals surface area contributed by atoms with Gasteiger partial charge in [-0.3, -0.25) is 4.99 Å². The maximum Gasteiger partial charge on any atom is 0.203 e. The second kappa shape index (κ2) is 19.5. The Morgan fingerprint density at radius 1 is 0.564 bits per heavy atom. The van der Waals surface area contributed by atoms with E-state index in [4.69, 9.17) is 37.7 Å². The summed E-state index contributed by atoms with van der Waals surface area (Å²) in [6.07, 6.45) is 10.7. The van der Waals surface area contributed by atoms with Crippen LogP contribution in [-0.2, 0) is 0 Å². The zero-order valence-corrected chi connectivity index (χ0v) is 32.4. The molecule has 11 nitrogen and oxygen atoms in total. The average molecular weight is 750 g/mol. The summed E-state index contributed by atoms with van der Waals surface area (Å²) >= 11 is 0. The fourth-order valence-electron chi connectivity index (χ4n) is 6.57. The van der Waals surface area contributed by atoms with Gasteiger partial charge in [0.25, 0.3) is 0 Å². The number of aliphatic imine (C=N–C) groups is 1. The number of hydrogen-bond acceptors (Lipinski definition) is 11. The molecule has 0 bridgehead atoms. The Balaban J connectivity index is 0.876. The van der Waals surface area contributed by atoms with Gasteiger partial charge in [0.05, 0.1) is 48.8 Å². The molecule has 4 aromatic carbocycles. The number of hydrogen-bond donors (Lipinski definition) is 1. The van der Waals surface area contributed by atoms with Gasteiger partial charge in [0.15, 0.2) is 40.3 Å². The molecule has 55 heavy (non-hydrogen) atoms. The van der Waals surface area contributed by atoms with E-state index >= 15 is 0 Å². The van der Waals surface area contributed by atoms with Gasteiger partial charge in [-0.1, -0.05) is 67.9 Å². The minimum atomic E-state index is -0.157. The Kier molecular flexibility index (Phi) is 13.8. The molecule has 1 aliphatic heterocycles. The number of methoxy groups -OCH3 is 5. The number of unbranched alkanes of at least 4 members (excludes halogenated alkanes) is 7. The molecule has 290 valence electrons. The summed E-state index contributed by atoms with van der Waals surface area (Å²) in [5, 5.41) is 7.78. The maximum atomic E-state index is 6.18. The minimum absolute atomic E-state index is 0.157. The van der Waals surface area contributed by atoms with E-state index in [1.54, 1.807) is 35.5 Å². The highest BCUT2D eigenvalue weighted by Gasteiger charge is 2.19. The first-order chi connectivity index (χ1) is 27.0. The van der Waals surface area contributed by atoms with Crippen molar-refractivity contribution in [1.82, 2.24) is 5.16 Å². The van der Waals surface area contributed by atoms with Crippen molar-refractivity contribution in [2.24, 2.45) is 4.99 Å². The van der Waals surface area contributed by atoms with Crippen LogP contribution in [0, 0.1) is 0 Å². The van der Waals surface area contributed by atoms with Crippen LogP contribution in [0.3, 0.4) is 0 Å². The number of rotatable bonds is 21. The molecule has 0 radical (unpaired) electrons. The van der Waals surface area contributed by atoms with E-state index in [-0.39, 0.29) is 6.17 Å².